The molecule has 1 saturated heterocycles. The van der Waals surface area contributed by atoms with E-state index >= 15 is 0 Å². The molecule has 0 bridgehead atoms. The van der Waals surface area contributed by atoms with Gasteiger partial charge in [0.2, 0.25) is 0 Å². The third-order valence-electron chi connectivity index (χ3n) is 1.31. The molecule has 0 spiro atoms. The van der Waals surface area contributed by atoms with Crippen molar-refractivity contribution >= 4 is 8.60 Å². The van der Waals surface area contributed by atoms with E-state index in [1.165, 1.54) is 0 Å². The van der Waals surface area contributed by atoms with Crippen LogP contribution in [0.5, 0.6) is 0 Å². The minimum Gasteiger partial charge on any atom is -0.316 e. The maximum absolute atomic E-state index is 5.24. The molecule has 0 saturated carbocycles. The van der Waals surface area contributed by atoms with Crippen LogP contribution in [-0.4, -0.2) is 19.3 Å². The van der Waals surface area contributed by atoms with E-state index in [4.69, 9.17) is 13.6 Å². The van der Waals surface area contributed by atoms with Gasteiger partial charge in [-0.15, -0.1) is 0 Å². The molecule has 0 radical (unpaired) electrons. The lowest BCUT2D eigenvalue weighted by atomic mass is 10.3. The summed E-state index contributed by atoms with van der Waals surface area (Å²) in [5.74, 6) is 0. The maximum Gasteiger partial charge on any atom is 0.333 e. The van der Waals surface area contributed by atoms with Crippen LogP contribution in [-0.2, 0) is 13.6 Å². The predicted molar refractivity (Wildman–Crippen MR) is 35.0 cm³/mol. The monoisotopic (exact) mass is 150 g/mol. The van der Waals surface area contributed by atoms with E-state index in [0.29, 0.717) is 0 Å². The Kier molecular flexibility index (Phi) is 2.42. The van der Waals surface area contributed by atoms with Crippen LogP contribution in [0, 0.1) is 0 Å². The molecule has 9 heavy (non-hydrogen) atoms. The first-order chi connectivity index (χ1) is 4.24. The van der Waals surface area contributed by atoms with Crippen LogP contribution in [0.3, 0.4) is 0 Å². The van der Waals surface area contributed by atoms with E-state index in [0.717, 1.165) is 0 Å². The van der Waals surface area contributed by atoms with Crippen LogP contribution >= 0.6 is 8.60 Å². The van der Waals surface area contributed by atoms with Crippen molar-refractivity contribution in [3.63, 3.8) is 0 Å². The van der Waals surface area contributed by atoms with Crippen LogP contribution in [0.4, 0.5) is 0 Å². The van der Waals surface area contributed by atoms with Gasteiger partial charge in [-0.05, 0) is 13.8 Å². The molecule has 4 heteroatoms. The standard InChI is InChI=1S/C5H11O3P/c1-4-5(2)8-9(6-3)7-4/h4-5H,1-3H3/t4-,5-/m0/s1. The first kappa shape index (κ1) is 7.42. The highest BCUT2D eigenvalue weighted by Crippen LogP contribution is 2.48. The average molecular weight is 150 g/mol. The summed E-state index contributed by atoms with van der Waals surface area (Å²) in [4.78, 5) is 0. The predicted octanol–water partition coefficient (Wildman–Crippen LogP) is 1.68. The van der Waals surface area contributed by atoms with Crippen molar-refractivity contribution in [3.8, 4) is 0 Å². The van der Waals surface area contributed by atoms with Crippen molar-refractivity contribution < 1.29 is 13.6 Å². The lowest BCUT2D eigenvalue weighted by molar-refractivity contribution is 0.187. The fourth-order valence-electron chi connectivity index (χ4n) is 0.554. The Labute approximate surface area is 56.3 Å². The highest BCUT2D eigenvalue weighted by molar-refractivity contribution is 7.42. The van der Waals surface area contributed by atoms with Crippen LogP contribution < -0.4 is 0 Å². The molecule has 1 heterocycles. The molecule has 2 atom stereocenters. The Balaban J connectivity index is 2.35. The Morgan fingerprint density at radius 3 is 1.89 bits per heavy atom. The van der Waals surface area contributed by atoms with Crippen molar-refractivity contribution in [2.75, 3.05) is 7.11 Å². The second kappa shape index (κ2) is 2.93. The normalized spacial score (nSPS) is 37.7. The summed E-state index contributed by atoms with van der Waals surface area (Å²) in [5, 5.41) is 0. The van der Waals surface area contributed by atoms with Crippen LogP contribution in [0.25, 0.3) is 0 Å². The van der Waals surface area contributed by atoms with E-state index in [1.807, 2.05) is 13.8 Å². The SMILES string of the molecule is COP1O[C@@H](C)[C@H](C)O1. The van der Waals surface area contributed by atoms with Gasteiger partial charge >= 0.3 is 8.60 Å². The first-order valence-corrected chi connectivity index (χ1v) is 4.01. The molecule has 3 nitrogen and oxygen atoms in total. The summed E-state index contributed by atoms with van der Waals surface area (Å²) in [6.45, 7) is 3.96. The second-order valence-corrected chi connectivity index (χ2v) is 3.26. The molecule has 0 N–H and O–H groups in total. The molecule has 1 rings (SSSR count). The van der Waals surface area contributed by atoms with Gasteiger partial charge in [-0.2, -0.15) is 0 Å². The van der Waals surface area contributed by atoms with Crippen molar-refractivity contribution in [1.82, 2.24) is 0 Å². The summed E-state index contributed by atoms with van der Waals surface area (Å²) < 4.78 is 15.4. The Hall–Kier alpha value is 0.310. The fourth-order valence-corrected chi connectivity index (χ4v) is 1.66. The minimum absolute atomic E-state index is 0.177. The zero-order valence-corrected chi connectivity index (χ0v) is 6.72. The molecular formula is C5H11O3P. The van der Waals surface area contributed by atoms with E-state index in [-0.39, 0.29) is 12.2 Å². The largest absolute Gasteiger partial charge is 0.333 e. The summed E-state index contributed by atoms with van der Waals surface area (Å²) in [6, 6.07) is 0. The topological polar surface area (TPSA) is 27.7 Å². The van der Waals surface area contributed by atoms with E-state index in [9.17, 15) is 0 Å². The molecule has 0 unspecified atom stereocenters. The van der Waals surface area contributed by atoms with E-state index in [1.54, 1.807) is 7.11 Å². The molecule has 0 aromatic rings. The highest BCUT2D eigenvalue weighted by atomic mass is 31.2. The van der Waals surface area contributed by atoms with Gasteiger partial charge in [0.25, 0.3) is 0 Å². The zero-order chi connectivity index (χ0) is 6.85. The lowest BCUT2D eigenvalue weighted by Crippen LogP contribution is -2.13. The molecule has 0 aliphatic carbocycles. The second-order valence-electron chi connectivity index (χ2n) is 2.03. The van der Waals surface area contributed by atoms with Gasteiger partial charge in [-0.25, -0.2) is 0 Å². The molecule has 0 aromatic carbocycles. The van der Waals surface area contributed by atoms with Crippen molar-refractivity contribution in [2.24, 2.45) is 0 Å². The van der Waals surface area contributed by atoms with E-state index in [2.05, 4.69) is 0 Å². The van der Waals surface area contributed by atoms with Crippen LogP contribution in [0.2, 0.25) is 0 Å². The van der Waals surface area contributed by atoms with Crippen molar-refractivity contribution in [1.29, 1.82) is 0 Å². The molecular weight excluding hydrogens is 139 g/mol. The average Bonchev–Trinajstić information content (AvgIpc) is 2.13. The quantitative estimate of drug-likeness (QED) is 0.532. The lowest BCUT2D eigenvalue weighted by Gasteiger charge is -2.01. The fraction of sp³-hybridized carbons (Fsp3) is 1.00. The summed E-state index contributed by atoms with van der Waals surface area (Å²) in [6.07, 6.45) is 0.354. The minimum atomic E-state index is -1.02. The summed E-state index contributed by atoms with van der Waals surface area (Å²) in [7, 11) is 0.572. The smallest absolute Gasteiger partial charge is 0.316 e. The van der Waals surface area contributed by atoms with Gasteiger partial charge in [-0.1, -0.05) is 0 Å². The van der Waals surface area contributed by atoms with Gasteiger partial charge in [0.1, 0.15) is 0 Å². The number of hydrogen-bond acceptors (Lipinski definition) is 3. The first-order valence-electron chi connectivity index (χ1n) is 2.92. The Bertz CT molecular complexity index is 88.2. The summed E-state index contributed by atoms with van der Waals surface area (Å²) >= 11 is 0. The third-order valence-corrected chi connectivity index (χ3v) is 2.62. The van der Waals surface area contributed by atoms with Crippen molar-refractivity contribution in [2.45, 2.75) is 26.1 Å². The maximum atomic E-state index is 5.24. The molecule has 1 aliphatic rings. The van der Waals surface area contributed by atoms with Gasteiger partial charge in [0, 0.05) is 7.11 Å². The molecule has 54 valence electrons. The molecule has 0 aromatic heterocycles. The molecule has 1 aliphatic heterocycles. The number of rotatable bonds is 1. The van der Waals surface area contributed by atoms with Crippen LogP contribution in [0.15, 0.2) is 0 Å². The number of hydrogen-bond donors (Lipinski definition) is 0. The van der Waals surface area contributed by atoms with Gasteiger partial charge in [0.15, 0.2) is 0 Å². The van der Waals surface area contributed by atoms with Crippen molar-refractivity contribution in [3.05, 3.63) is 0 Å². The van der Waals surface area contributed by atoms with Gasteiger partial charge in [-0.3, -0.25) is 0 Å². The van der Waals surface area contributed by atoms with Gasteiger partial charge < -0.3 is 13.6 Å². The Morgan fingerprint density at radius 1 is 1.22 bits per heavy atom. The molecule has 0 amide bonds. The highest BCUT2D eigenvalue weighted by Gasteiger charge is 2.30. The van der Waals surface area contributed by atoms with Crippen LogP contribution in [0.1, 0.15) is 13.8 Å². The summed E-state index contributed by atoms with van der Waals surface area (Å²) in [5.41, 5.74) is 0. The third kappa shape index (κ3) is 1.62. The zero-order valence-electron chi connectivity index (χ0n) is 5.83. The van der Waals surface area contributed by atoms with E-state index < -0.39 is 8.60 Å². The van der Waals surface area contributed by atoms with Gasteiger partial charge in [0.05, 0.1) is 12.2 Å². The Morgan fingerprint density at radius 2 is 1.67 bits per heavy atom. The molecule has 1 fully saturated rings.